The van der Waals surface area contributed by atoms with Gasteiger partial charge in [-0.05, 0) is 49.3 Å². The fourth-order valence-corrected chi connectivity index (χ4v) is 2.28. The van der Waals surface area contributed by atoms with Crippen molar-refractivity contribution in [2.75, 3.05) is 12.3 Å². The van der Waals surface area contributed by atoms with Crippen LogP contribution in [-0.2, 0) is 4.79 Å². The predicted molar refractivity (Wildman–Crippen MR) is 69.9 cm³/mol. The molecule has 0 bridgehead atoms. The number of rotatable bonds is 5. The van der Waals surface area contributed by atoms with Gasteiger partial charge in [0, 0.05) is 18.4 Å². The Morgan fingerprint density at radius 1 is 1.31 bits per heavy atom. The van der Waals surface area contributed by atoms with Gasteiger partial charge in [-0.15, -0.1) is 11.8 Å². The molecular formula is C13H19NOS. The zero-order valence-corrected chi connectivity index (χ0v) is 11.0. The maximum atomic E-state index is 10.6. The van der Waals surface area contributed by atoms with E-state index in [4.69, 9.17) is 0 Å². The molecule has 0 fully saturated rings. The van der Waals surface area contributed by atoms with E-state index in [1.807, 2.05) is 11.8 Å². The molecule has 1 amide bonds. The van der Waals surface area contributed by atoms with Gasteiger partial charge in [0.05, 0.1) is 0 Å². The quantitative estimate of drug-likeness (QED) is 0.630. The summed E-state index contributed by atoms with van der Waals surface area (Å²) in [5.41, 5.74) is 2.68. The topological polar surface area (TPSA) is 29.1 Å². The van der Waals surface area contributed by atoms with Gasteiger partial charge >= 0.3 is 0 Å². The highest BCUT2D eigenvalue weighted by molar-refractivity contribution is 7.99. The molecule has 0 heterocycles. The number of thioether (sulfide) groups is 1. The third-order valence-electron chi connectivity index (χ3n) is 2.44. The van der Waals surface area contributed by atoms with Gasteiger partial charge in [-0.2, -0.15) is 0 Å². The van der Waals surface area contributed by atoms with Crippen molar-refractivity contribution in [2.45, 2.75) is 32.1 Å². The molecule has 0 aliphatic rings. The first-order valence-electron chi connectivity index (χ1n) is 5.54. The van der Waals surface area contributed by atoms with Crippen LogP contribution in [-0.4, -0.2) is 18.2 Å². The summed E-state index contributed by atoms with van der Waals surface area (Å²) < 4.78 is 0. The van der Waals surface area contributed by atoms with E-state index in [2.05, 4.69) is 37.4 Å². The Labute approximate surface area is 102 Å². The highest BCUT2D eigenvalue weighted by atomic mass is 32.2. The monoisotopic (exact) mass is 237 g/mol. The van der Waals surface area contributed by atoms with Gasteiger partial charge in [-0.25, -0.2) is 0 Å². The lowest BCUT2D eigenvalue weighted by Gasteiger charge is -2.05. The number of carbonyl (C=O) groups excluding carboxylic acids is 1. The Bertz CT molecular complexity index is 363. The van der Waals surface area contributed by atoms with E-state index in [1.54, 1.807) is 6.92 Å². The van der Waals surface area contributed by atoms with Gasteiger partial charge in [0.1, 0.15) is 0 Å². The molecule has 0 saturated carbocycles. The van der Waals surface area contributed by atoms with Gasteiger partial charge in [0.2, 0.25) is 5.91 Å². The first kappa shape index (κ1) is 13.1. The summed E-state index contributed by atoms with van der Waals surface area (Å²) >= 11 is 1.84. The Balaban J connectivity index is 2.27. The van der Waals surface area contributed by atoms with Crippen molar-refractivity contribution in [3.05, 3.63) is 29.3 Å². The normalized spacial score (nSPS) is 10.2. The van der Waals surface area contributed by atoms with E-state index >= 15 is 0 Å². The van der Waals surface area contributed by atoms with E-state index in [9.17, 15) is 4.79 Å². The molecule has 0 aliphatic carbocycles. The van der Waals surface area contributed by atoms with Crippen molar-refractivity contribution in [2.24, 2.45) is 0 Å². The van der Waals surface area contributed by atoms with Gasteiger partial charge < -0.3 is 5.32 Å². The first-order chi connectivity index (χ1) is 7.59. The number of hydrogen-bond donors (Lipinski definition) is 1. The summed E-state index contributed by atoms with van der Waals surface area (Å²) in [6.45, 7) is 6.58. The van der Waals surface area contributed by atoms with Gasteiger partial charge in [-0.3, -0.25) is 4.79 Å². The molecule has 1 rings (SSSR count). The van der Waals surface area contributed by atoms with E-state index in [0.717, 1.165) is 18.7 Å². The molecule has 0 saturated heterocycles. The summed E-state index contributed by atoms with van der Waals surface area (Å²) in [6, 6.07) is 6.54. The number of aryl methyl sites for hydroxylation is 2. The summed E-state index contributed by atoms with van der Waals surface area (Å²) in [5.74, 6) is 1.10. The van der Waals surface area contributed by atoms with Crippen molar-refractivity contribution < 1.29 is 4.79 Å². The second-order valence-corrected chi connectivity index (χ2v) is 5.10. The molecule has 0 aromatic heterocycles. The lowest BCUT2D eigenvalue weighted by molar-refractivity contribution is -0.118. The average Bonchev–Trinajstić information content (AvgIpc) is 2.22. The first-order valence-corrected chi connectivity index (χ1v) is 6.52. The molecule has 0 aliphatic heterocycles. The van der Waals surface area contributed by atoms with Gasteiger partial charge in [0.15, 0.2) is 0 Å². The summed E-state index contributed by atoms with van der Waals surface area (Å²) in [7, 11) is 0. The molecule has 0 spiro atoms. The number of amides is 1. The molecule has 16 heavy (non-hydrogen) atoms. The standard InChI is InChI=1S/C13H19NOS/c1-10-5-6-13(9-11(10)2)16-8-4-7-14-12(3)15/h5-6,9H,4,7-8H2,1-3H3,(H,14,15). The molecule has 2 nitrogen and oxygen atoms in total. The molecule has 1 aromatic carbocycles. The van der Waals surface area contributed by atoms with Crippen molar-refractivity contribution in [1.29, 1.82) is 0 Å². The van der Waals surface area contributed by atoms with Crippen LogP contribution in [0.2, 0.25) is 0 Å². The lowest BCUT2D eigenvalue weighted by Crippen LogP contribution is -2.21. The Morgan fingerprint density at radius 2 is 2.06 bits per heavy atom. The zero-order chi connectivity index (χ0) is 12.0. The molecule has 0 unspecified atom stereocenters. The average molecular weight is 237 g/mol. The van der Waals surface area contributed by atoms with Crippen LogP contribution < -0.4 is 5.32 Å². The smallest absolute Gasteiger partial charge is 0.216 e. The summed E-state index contributed by atoms with van der Waals surface area (Å²) in [4.78, 5) is 12.0. The number of hydrogen-bond acceptors (Lipinski definition) is 2. The number of nitrogens with one attached hydrogen (secondary N) is 1. The molecular weight excluding hydrogens is 218 g/mol. The van der Waals surface area contributed by atoms with Crippen LogP contribution in [0.5, 0.6) is 0 Å². The Kier molecular flexibility index (Phi) is 5.39. The van der Waals surface area contributed by atoms with Crippen LogP contribution in [0.3, 0.4) is 0 Å². The van der Waals surface area contributed by atoms with Crippen molar-refractivity contribution >= 4 is 17.7 Å². The van der Waals surface area contributed by atoms with Crippen LogP contribution in [0.4, 0.5) is 0 Å². The summed E-state index contributed by atoms with van der Waals surface area (Å²) in [6.07, 6.45) is 1.01. The minimum atomic E-state index is 0.0520. The Morgan fingerprint density at radius 3 is 2.69 bits per heavy atom. The third-order valence-corrected chi connectivity index (χ3v) is 3.52. The van der Waals surface area contributed by atoms with Crippen molar-refractivity contribution in [1.82, 2.24) is 5.32 Å². The number of benzene rings is 1. The van der Waals surface area contributed by atoms with E-state index in [1.165, 1.54) is 16.0 Å². The van der Waals surface area contributed by atoms with Gasteiger partial charge in [-0.1, -0.05) is 6.07 Å². The van der Waals surface area contributed by atoms with E-state index < -0.39 is 0 Å². The van der Waals surface area contributed by atoms with E-state index in [-0.39, 0.29) is 5.91 Å². The Hall–Kier alpha value is -0.960. The maximum absolute atomic E-state index is 10.6. The SMILES string of the molecule is CC(=O)NCCCSc1ccc(C)c(C)c1. The predicted octanol–water partition coefficient (Wildman–Crippen LogP) is 2.92. The summed E-state index contributed by atoms with van der Waals surface area (Å²) in [5, 5.41) is 2.80. The minimum absolute atomic E-state index is 0.0520. The van der Waals surface area contributed by atoms with Crippen LogP contribution in [0.15, 0.2) is 23.1 Å². The van der Waals surface area contributed by atoms with Crippen LogP contribution >= 0.6 is 11.8 Å². The molecule has 0 atom stereocenters. The molecule has 1 N–H and O–H groups in total. The van der Waals surface area contributed by atoms with Crippen molar-refractivity contribution in [3.8, 4) is 0 Å². The molecule has 88 valence electrons. The molecule has 3 heteroatoms. The van der Waals surface area contributed by atoms with Crippen LogP contribution in [0.25, 0.3) is 0 Å². The van der Waals surface area contributed by atoms with Crippen LogP contribution in [0, 0.1) is 13.8 Å². The second-order valence-electron chi connectivity index (χ2n) is 3.93. The minimum Gasteiger partial charge on any atom is -0.356 e. The third kappa shape index (κ3) is 4.71. The molecule has 1 aromatic rings. The maximum Gasteiger partial charge on any atom is 0.216 e. The van der Waals surface area contributed by atoms with E-state index in [0.29, 0.717) is 0 Å². The second kappa shape index (κ2) is 6.59. The number of carbonyl (C=O) groups is 1. The van der Waals surface area contributed by atoms with Crippen LogP contribution in [0.1, 0.15) is 24.5 Å². The highest BCUT2D eigenvalue weighted by Crippen LogP contribution is 2.21. The largest absolute Gasteiger partial charge is 0.356 e. The zero-order valence-electron chi connectivity index (χ0n) is 10.2. The fraction of sp³-hybridized carbons (Fsp3) is 0.462. The molecule has 0 radical (unpaired) electrons. The van der Waals surface area contributed by atoms with Gasteiger partial charge in [0.25, 0.3) is 0 Å². The van der Waals surface area contributed by atoms with Crippen molar-refractivity contribution in [3.63, 3.8) is 0 Å². The lowest BCUT2D eigenvalue weighted by atomic mass is 10.1. The highest BCUT2D eigenvalue weighted by Gasteiger charge is 1.97. The fourth-order valence-electron chi connectivity index (χ4n) is 1.33.